The average molecular weight is 402 g/mol. The largest absolute Gasteiger partial charge is 0.465 e. The van der Waals surface area contributed by atoms with Gasteiger partial charge in [-0.3, -0.25) is 9.59 Å². The number of amides is 2. The van der Waals surface area contributed by atoms with E-state index in [0.717, 1.165) is 16.7 Å². The minimum atomic E-state index is -0.391. The molecule has 30 heavy (non-hydrogen) atoms. The molecule has 0 fully saturated rings. The van der Waals surface area contributed by atoms with Gasteiger partial charge in [0.05, 0.1) is 12.3 Å². The Morgan fingerprint density at radius 3 is 2.43 bits per heavy atom. The lowest BCUT2D eigenvalue weighted by Crippen LogP contribution is -2.36. The molecule has 2 amide bonds. The summed E-state index contributed by atoms with van der Waals surface area (Å²) in [7, 11) is 0. The Kier molecular flexibility index (Phi) is 6.52. The first-order valence-electron chi connectivity index (χ1n) is 9.84. The molecule has 0 saturated carbocycles. The number of furan rings is 1. The van der Waals surface area contributed by atoms with Gasteiger partial charge in [-0.25, -0.2) is 0 Å². The predicted molar refractivity (Wildman–Crippen MR) is 118 cm³/mol. The molecule has 0 aliphatic rings. The zero-order valence-electron chi connectivity index (χ0n) is 17.7. The zero-order chi connectivity index (χ0) is 21.7. The van der Waals surface area contributed by atoms with Crippen LogP contribution < -0.4 is 10.6 Å². The minimum Gasteiger partial charge on any atom is -0.465 e. The first kappa shape index (κ1) is 21.1. The molecule has 0 radical (unpaired) electrons. The number of carbonyl (C=O) groups excluding carboxylic acids is 2. The highest BCUT2D eigenvalue weighted by molar-refractivity contribution is 6.05. The fraction of sp³-hybridized carbons (Fsp3) is 0.200. The van der Waals surface area contributed by atoms with Gasteiger partial charge in [0.25, 0.3) is 11.8 Å². The number of carbonyl (C=O) groups is 2. The van der Waals surface area contributed by atoms with E-state index in [0.29, 0.717) is 11.3 Å². The summed E-state index contributed by atoms with van der Waals surface area (Å²) in [6, 6.07) is 16.5. The molecule has 0 aliphatic heterocycles. The van der Waals surface area contributed by atoms with Crippen LogP contribution in [0.4, 0.5) is 0 Å². The second-order valence-corrected chi connectivity index (χ2v) is 7.44. The maximum atomic E-state index is 13.0. The van der Waals surface area contributed by atoms with Gasteiger partial charge in [0.1, 0.15) is 11.5 Å². The molecule has 3 aromatic rings. The molecular weight excluding hydrogens is 376 g/mol. The zero-order valence-corrected chi connectivity index (χ0v) is 17.7. The Morgan fingerprint density at radius 2 is 1.77 bits per heavy atom. The van der Waals surface area contributed by atoms with Crippen LogP contribution in [0.1, 0.15) is 51.3 Å². The lowest BCUT2D eigenvalue weighted by molar-refractivity contribution is -0.118. The van der Waals surface area contributed by atoms with Crippen LogP contribution >= 0.6 is 0 Å². The topological polar surface area (TPSA) is 71.3 Å². The third-order valence-electron chi connectivity index (χ3n) is 4.98. The van der Waals surface area contributed by atoms with Crippen molar-refractivity contribution >= 4 is 17.9 Å². The molecule has 5 heteroatoms. The third-order valence-corrected chi connectivity index (χ3v) is 4.98. The van der Waals surface area contributed by atoms with Crippen LogP contribution in [0.3, 0.4) is 0 Å². The van der Waals surface area contributed by atoms with Crippen molar-refractivity contribution in [3.63, 3.8) is 0 Å². The summed E-state index contributed by atoms with van der Waals surface area (Å²) in [6.07, 6.45) is 3.04. The van der Waals surface area contributed by atoms with Crippen LogP contribution in [-0.2, 0) is 4.79 Å². The van der Waals surface area contributed by atoms with Crippen LogP contribution in [-0.4, -0.2) is 11.8 Å². The van der Waals surface area contributed by atoms with Gasteiger partial charge < -0.3 is 15.1 Å². The van der Waals surface area contributed by atoms with Crippen molar-refractivity contribution in [3.05, 3.63) is 100 Å². The van der Waals surface area contributed by atoms with E-state index >= 15 is 0 Å². The average Bonchev–Trinajstić information content (AvgIpc) is 3.22. The van der Waals surface area contributed by atoms with E-state index in [1.807, 2.05) is 52.0 Å². The second-order valence-electron chi connectivity index (χ2n) is 7.44. The summed E-state index contributed by atoms with van der Waals surface area (Å²) in [5.41, 5.74) is 4.91. The van der Waals surface area contributed by atoms with Crippen LogP contribution in [0.2, 0.25) is 0 Å². The Hall–Kier alpha value is -3.60. The molecule has 1 heterocycles. The van der Waals surface area contributed by atoms with Gasteiger partial charge in [0, 0.05) is 11.6 Å². The number of benzene rings is 2. The lowest BCUT2D eigenvalue weighted by Gasteiger charge is -2.17. The van der Waals surface area contributed by atoms with Gasteiger partial charge in [0.15, 0.2) is 0 Å². The van der Waals surface area contributed by atoms with E-state index in [9.17, 15) is 9.59 Å². The van der Waals surface area contributed by atoms with E-state index < -0.39 is 5.91 Å². The summed E-state index contributed by atoms with van der Waals surface area (Å²) in [5.74, 6) is -0.271. The van der Waals surface area contributed by atoms with E-state index in [-0.39, 0.29) is 17.6 Å². The van der Waals surface area contributed by atoms with Gasteiger partial charge in [-0.1, -0.05) is 35.9 Å². The monoisotopic (exact) mass is 402 g/mol. The molecule has 2 aromatic carbocycles. The van der Waals surface area contributed by atoms with Crippen LogP contribution in [0.15, 0.2) is 71.0 Å². The van der Waals surface area contributed by atoms with E-state index in [1.165, 1.54) is 17.9 Å². The molecule has 2 N–H and O–H groups in total. The standard InChI is InChI=1S/C25H26N2O3/c1-16-7-5-8-21(13-16)24(28)27-23(15-22-9-6-12-30-22)25(29)26-19(4)20-11-10-17(2)18(3)14-20/h5-15,19H,1-4H3,(H,26,29)(H,27,28)/b23-15-/t19-/m1/s1. The maximum absolute atomic E-state index is 13.0. The minimum absolute atomic E-state index is 0.118. The SMILES string of the molecule is Cc1cccc(C(=O)N/C(=C\c2ccco2)C(=O)N[C@H](C)c2ccc(C)c(C)c2)c1. The van der Waals surface area contributed by atoms with Crippen molar-refractivity contribution in [2.24, 2.45) is 0 Å². The van der Waals surface area contributed by atoms with Crippen LogP contribution in [0.5, 0.6) is 0 Å². The number of hydrogen-bond acceptors (Lipinski definition) is 3. The first-order valence-corrected chi connectivity index (χ1v) is 9.84. The Morgan fingerprint density at radius 1 is 0.967 bits per heavy atom. The van der Waals surface area contributed by atoms with E-state index in [1.54, 1.807) is 24.3 Å². The molecule has 1 aromatic heterocycles. The van der Waals surface area contributed by atoms with Gasteiger partial charge in [-0.15, -0.1) is 0 Å². The molecule has 1 atom stereocenters. The summed E-state index contributed by atoms with van der Waals surface area (Å²) < 4.78 is 5.33. The van der Waals surface area contributed by atoms with Crippen molar-refractivity contribution < 1.29 is 14.0 Å². The third kappa shape index (κ3) is 5.26. The highest BCUT2D eigenvalue weighted by Crippen LogP contribution is 2.18. The first-order chi connectivity index (χ1) is 14.3. The summed E-state index contributed by atoms with van der Waals surface area (Å²) in [6.45, 7) is 7.91. The van der Waals surface area contributed by atoms with Crippen molar-refractivity contribution in [1.82, 2.24) is 10.6 Å². The van der Waals surface area contributed by atoms with Gasteiger partial charge in [-0.05, 0) is 68.7 Å². The number of rotatable bonds is 6. The normalized spacial score (nSPS) is 12.3. The molecule has 0 aliphatic carbocycles. The maximum Gasteiger partial charge on any atom is 0.268 e. The Bertz CT molecular complexity index is 1080. The van der Waals surface area contributed by atoms with Gasteiger partial charge >= 0.3 is 0 Å². The fourth-order valence-electron chi connectivity index (χ4n) is 3.05. The van der Waals surface area contributed by atoms with Gasteiger partial charge in [-0.2, -0.15) is 0 Å². The van der Waals surface area contributed by atoms with Crippen molar-refractivity contribution in [2.45, 2.75) is 33.7 Å². The smallest absolute Gasteiger partial charge is 0.268 e. The van der Waals surface area contributed by atoms with Crippen molar-refractivity contribution in [2.75, 3.05) is 0 Å². The molecule has 154 valence electrons. The molecule has 5 nitrogen and oxygen atoms in total. The molecule has 0 saturated heterocycles. The van der Waals surface area contributed by atoms with Crippen molar-refractivity contribution in [3.8, 4) is 0 Å². The van der Waals surface area contributed by atoms with Crippen LogP contribution in [0, 0.1) is 20.8 Å². The predicted octanol–water partition coefficient (Wildman–Crippen LogP) is 4.85. The van der Waals surface area contributed by atoms with Crippen LogP contribution in [0.25, 0.3) is 6.08 Å². The summed E-state index contributed by atoms with van der Waals surface area (Å²) >= 11 is 0. The Labute approximate surface area is 176 Å². The highest BCUT2D eigenvalue weighted by Gasteiger charge is 2.18. The molecule has 0 bridgehead atoms. The number of aryl methyl sites for hydroxylation is 3. The van der Waals surface area contributed by atoms with Gasteiger partial charge in [0.2, 0.25) is 0 Å². The molecule has 3 rings (SSSR count). The lowest BCUT2D eigenvalue weighted by atomic mass is 10.0. The van der Waals surface area contributed by atoms with Crippen molar-refractivity contribution in [1.29, 1.82) is 0 Å². The van der Waals surface area contributed by atoms with E-state index in [4.69, 9.17) is 4.42 Å². The molecular formula is C25H26N2O3. The number of nitrogens with one attached hydrogen (secondary N) is 2. The second kappa shape index (κ2) is 9.27. The Balaban J connectivity index is 1.82. The molecule has 0 unspecified atom stereocenters. The number of hydrogen-bond donors (Lipinski definition) is 2. The summed E-state index contributed by atoms with van der Waals surface area (Å²) in [5, 5.41) is 5.69. The quantitative estimate of drug-likeness (QED) is 0.579. The summed E-state index contributed by atoms with van der Waals surface area (Å²) in [4.78, 5) is 25.7. The fourth-order valence-corrected chi connectivity index (χ4v) is 3.05. The van der Waals surface area contributed by atoms with E-state index in [2.05, 4.69) is 16.7 Å². The molecule has 0 spiro atoms. The highest BCUT2D eigenvalue weighted by atomic mass is 16.3.